The third kappa shape index (κ3) is 6.02. The van der Waals surface area contributed by atoms with Gasteiger partial charge in [-0.1, -0.05) is 12.1 Å². The Bertz CT molecular complexity index is 1300. The lowest BCUT2D eigenvalue weighted by atomic mass is 10.1. The molecule has 1 saturated heterocycles. The first kappa shape index (κ1) is 26.8. The molecule has 1 aromatic heterocycles. The average Bonchev–Trinajstić information content (AvgIpc) is 3.36. The molecule has 1 N–H and O–H groups in total. The van der Waals surface area contributed by atoms with Crippen LogP contribution in [-0.4, -0.2) is 64.8 Å². The summed E-state index contributed by atoms with van der Waals surface area (Å²) in [5, 5.41) is 3.16. The van der Waals surface area contributed by atoms with E-state index in [0.717, 1.165) is 0 Å². The Hall–Kier alpha value is -3.24. The van der Waals surface area contributed by atoms with Crippen LogP contribution in [0.2, 0.25) is 0 Å². The van der Waals surface area contributed by atoms with Gasteiger partial charge in [-0.05, 0) is 19.1 Å². The highest BCUT2D eigenvalue weighted by molar-refractivity contribution is 6.26. The van der Waals surface area contributed by atoms with Crippen LogP contribution < -0.4 is 19.5 Å². The second-order valence-electron chi connectivity index (χ2n) is 8.51. The van der Waals surface area contributed by atoms with Gasteiger partial charge in [-0.3, -0.25) is 0 Å². The van der Waals surface area contributed by atoms with E-state index in [-0.39, 0.29) is 33.4 Å². The predicted octanol–water partition coefficient (Wildman–Crippen LogP) is 4.31. The Morgan fingerprint density at radius 3 is 2.70 bits per heavy atom. The maximum absolute atomic E-state index is 14.0. The van der Waals surface area contributed by atoms with Crippen LogP contribution in [0.4, 0.5) is 14.6 Å². The summed E-state index contributed by atoms with van der Waals surface area (Å²) in [5.74, 6) is 2.22. The zero-order chi connectivity index (χ0) is 26.4. The Morgan fingerprint density at radius 1 is 1.19 bits per heavy atom. The summed E-state index contributed by atoms with van der Waals surface area (Å²) >= 11 is 0. The fourth-order valence-corrected chi connectivity index (χ4v) is 4.67. The Labute approximate surface area is 216 Å². The third-order valence-corrected chi connectivity index (χ3v) is 7.01. The third-order valence-electron chi connectivity index (χ3n) is 5.99. The summed E-state index contributed by atoms with van der Waals surface area (Å²) in [6.07, 6.45) is -2.17. The number of anilines is 1. The lowest BCUT2D eigenvalue weighted by Gasteiger charge is -2.27. The van der Waals surface area contributed by atoms with Crippen molar-refractivity contribution in [1.29, 1.82) is 0 Å². The number of nitrogens with zero attached hydrogens (tertiary/aromatic N) is 2. The average molecular weight is 530 g/mol. The quantitative estimate of drug-likeness (QED) is 0.291. The normalized spacial score (nSPS) is 17.1. The summed E-state index contributed by atoms with van der Waals surface area (Å²) in [6.45, 7) is 3.43. The molecule has 1 fully saturated rings. The van der Waals surface area contributed by atoms with E-state index in [1.165, 1.54) is 6.07 Å². The van der Waals surface area contributed by atoms with Crippen molar-refractivity contribution in [3.63, 3.8) is 0 Å². The molecule has 1 atom stereocenters. The highest BCUT2D eigenvalue weighted by Gasteiger charge is 2.36. The molecule has 0 amide bonds. The lowest BCUT2D eigenvalue weighted by Crippen LogP contribution is -2.39. The van der Waals surface area contributed by atoms with Crippen molar-refractivity contribution in [2.75, 3.05) is 46.0 Å². The molecule has 8 nitrogen and oxygen atoms in total. The van der Waals surface area contributed by atoms with Crippen molar-refractivity contribution in [3.05, 3.63) is 47.3 Å². The van der Waals surface area contributed by atoms with Gasteiger partial charge < -0.3 is 29.0 Å². The minimum absolute atomic E-state index is 0.118. The van der Waals surface area contributed by atoms with Gasteiger partial charge >= 0.3 is 0 Å². The maximum Gasteiger partial charge on any atom is 0.267 e. The maximum atomic E-state index is 14.0. The molecule has 2 aromatic carbocycles. The number of fused-ring (bicyclic) bond motifs is 1. The fraction of sp³-hybridized carbons (Fsp3) is 0.423. The zero-order valence-corrected chi connectivity index (χ0v) is 22.0. The number of halogens is 2. The van der Waals surface area contributed by atoms with Gasteiger partial charge in [-0.15, -0.1) is 0 Å². The van der Waals surface area contributed by atoms with Crippen molar-refractivity contribution < 1.29 is 32.5 Å². The molecule has 37 heavy (non-hydrogen) atoms. The Kier molecular flexibility index (Phi) is 8.60. The Balaban J connectivity index is 1.69. The van der Waals surface area contributed by atoms with Crippen molar-refractivity contribution in [2.45, 2.75) is 31.5 Å². The van der Waals surface area contributed by atoms with Crippen molar-refractivity contribution in [2.24, 2.45) is 0 Å². The zero-order valence-electron chi connectivity index (χ0n) is 21.0. The molecule has 0 unspecified atom stereocenters. The molecule has 0 spiro atoms. The number of aromatic nitrogens is 2. The molecule has 196 valence electrons. The van der Waals surface area contributed by atoms with Crippen LogP contribution in [0.3, 0.4) is 0 Å². The first-order valence-electron chi connectivity index (χ1n) is 11.8. The molecule has 11 heteroatoms. The highest BCUT2D eigenvalue weighted by Crippen LogP contribution is 2.38. The molecule has 3 aromatic rings. The van der Waals surface area contributed by atoms with Gasteiger partial charge in [0, 0.05) is 46.1 Å². The molecule has 1 aliphatic heterocycles. The number of aryl methyl sites for hydroxylation is 1. The van der Waals surface area contributed by atoms with Crippen LogP contribution in [0.15, 0.2) is 30.3 Å². The first-order chi connectivity index (χ1) is 17.9. The fourth-order valence-electron chi connectivity index (χ4n) is 4.08. The number of hydrogen-bond acceptors (Lipinski definition) is 8. The van der Waals surface area contributed by atoms with Gasteiger partial charge in [0.15, 0.2) is 16.7 Å². The number of para-hydroxylation sites is 1. The molecule has 4 rings (SSSR count). The van der Waals surface area contributed by atoms with E-state index < -0.39 is 11.6 Å². The van der Waals surface area contributed by atoms with E-state index in [2.05, 4.69) is 15.3 Å². The molecule has 2 heterocycles. The molecular formula is C26H29F2N3O5Si. The SMILES string of the molecule is C#[Si][C@]1(Oc2c(CNc3nc(C)nc4cc(OC)c(OCCOC)cc34)cccc2C(F)F)CCOC1. The van der Waals surface area contributed by atoms with E-state index in [0.29, 0.717) is 65.8 Å². The van der Waals surface area contributed by atoms with Crippen LogP contribution >= 0.6 is 0 Å². The summed E-state index contributed by atoms with van der Waals surface area (Å²) in [7, 11) is 3.03. The van der Waals surface area contributed by atoms with Gasteiger partial charge in [0.2, 0.25) is 0 Å². The van der Waals surface area contributed by atoms with Gasteiger partial charge in [-0.2, -0.15) is 6.00 Å². The summed E-state index contributed by atoms with van der Waals surface area (Å²) in [4.78, 5) is 9.08. The Morgan fingerprint density at radius 2 is 2.03 bits per heavy atom. The van der Waals surface area contributed by atoms with Crippen LogP contribution in [0, 0.1) is 12.9 Å². The highest BCUT2D eigenvalue weighted by atomic mass is 28.2. The lowest BCUT2D eigenvalue weighted by molar-refractivity contribution is 0.102. The number of nitrogens with one attached hydrogen (secondary N) is 1. The van der Waals surface area contributed by atoms with Gasteiger partial charge in [0.05, 0.1) is 38.0 Å². The van der Waals surface area contributed by atoms with E-state index in [9.17, 15) is 8.78 Å². The molecule has 0 radical (unpaired) electrons. The number of ether oxygens (including phenoxy) is 5. The summed E-state index contributed by atoms with van der Waals surface area (Å²) in [5.41, 5.74) is 1.01. The summed E-state index contributed by atoms with van der Waals surface area (Å²) in [6, 6.07) is 14.3. The second kappa shape index (κ2) is 11.9. The van der Waals surface area contributed by atoms with E-state index in [4.69, 9.17) is 29.7 Å². The van der Waals surface area contributed by atoms with Crippen LogP contribution in [-0.2, 0) is 16.0 Å². The topological polar surface area (TPSA) is 84.0 Å². The summed E-state index contributed by atoms with van der Waals surface area (Å²) < 4.78 is 56.0. The van der Waals surface area contributed by atoms with Gasteiger partial charge in [-0.25, -0.2) is 18.7 Å². The van der Waals surface area contributed by atoms with E-state index in [1.807, 2.05) is 0 Å². The largest absolute Gasteiger partial charge is 0.493 e. The predicted molar refractivity (Wildman–Crippen MR) is 136 cm³/mol. The van der Waals surface area contributed by atoms with Crippen molar-refractivity contribution >= 4 is 25.7 Å². The van der Waals surface area contributed by atoms with Crippen LogP contribution in [0.1, 0.15) is 29.8 Å². The van der Waals surface area contributed by atoms with Crippen molar-refractivity contribution in [3.8, 4) is 23.2 Å². The second-order valence-corrected chi connectivity index (χ2v) is 9.71. The van der Waals surface area contributed by atoms with Gasteiger partial charge in [0.1, 0.15) is 24.0 Å². The number of methoxy groups -OCH3 is 2. The number of benzene rings is 2. The van der Waals surface area contributed by atoms with Crippen molar-refractivity contribution in [1.82, 2.24) is 9.97 Å². The molecule has 0 bridgehead atoms. The molecule has 0 aliphatic carbocycles. The van der Waals surface area contributed by atoms with Crippen LogP contribution in [0.25, 0.3) is 10.9 Å². The molecular weight excluding hydrogens is 500 g/mol. The minimum atomic E-state index is -2.71. The van der Waals surface area contributed by atoms with E-state index in [1.54, 1.807) is 45.4 Å². The smallest absolute Gasteiger partial charge is 0.267 e. The standard InChI is InChI=1S/C26H29F2N3O5Si/c1-16-30-20-13-21(33-3)22(35-11-10-32-2)12-19(20)25(31-16)29-14-17-6-5-7-18(24(27)28)23(17)36-26(37-4)8-9-34-15-26/h4-7,12-13,24H,8-11,14-15H2,1-3H3,(H,29,30,31)/t26-/m1/s1. The minimum Gasteiger partial charge on any atom is -0.493 e. The number of rotatable bonds is 11. The molecule has 1 aliphatic rings. The monoisotopic (exact) mass is 529 g/mol. The first-order valence-corrected chi connectivity index (χ1v) is 12.8. The molecule has 0 saturated carbocycles. The van der Waals surface area contributed by atoms with Gasteiger partial charge in [0.25, 0.3) is 6.43 Å². The number of alkyl halides is 2. The number of hydrogen-bond donors (Lipinski definition) is 1. The van der Waals surface area contributed by atoms with Crippen LogP contribution in [0.5, 0.6) is 17.2 Å². The van der Waals surface area contributed by atoms with E-state index >= 15 is 0 Å².